The van der Waals surface area contributed by atoms with Gasteiger partial charge < -0.3 is 15.4 Å². The van der Waals surface area contributed by atoms with Gasteiger partial charge in [-0.3, -0.25) is 4.79 Å². The highest BCUT2D eigenvalue weighted by Crippen LogP contribution is 2.29. The zero-order valence-electron chi connectivity index (χ0n) is 13.0. The molecule has 0 heterocycles. The van der Waals surface area contributed by atoms with Gasteiger partial charge in [0.1, 0.15) is 5.75 Å². The van der Waals surface area contributed by atoms with Gasteiger partial charge in [0, 0.05) is 5.69 Å². The van der Waals surface area contributed by atoms with Gasteiger partial charge in [-0.1, -0.05) is 12.1 Å². The van der Waals surface area contributed by atoms with Crippen molar-refractivity contribution < 1.29 is 22.7 Å². The molecule has 0 fully saturated rings. The van der Waals surface area contributed by atoms with Crippen LogP contribution in [0, 0.1) is 0 Å². The number of carbonyl (C=O) groups is 1. The lowest BCUT2D eigenvalue weighted by Gasteiger charge is -2.12. The highest BCUT2D eigenvalue weighted by atomic mass is 19.4. The first kappa shape index (κ1) is 17.7. The molecule has 0 bridgehead atoms. The standard InChI is InChI=1S/C17H17F3N2O2/c1-2-24-15-6-4-3-5-14(15)22-16(23)11-21-13-9-7-12(8-10-13)17(18,19)20/h3-10,21H,2,11H2,1H3,(H,22,23). The summed E-state index contributed by atoms with van der Waals surface area (Å²) in [5.41, 5.74) is 0.234. The Hall–Kier alpha value is -2.70. The normalized spacial score (nSPS) is 11.0. The summed E-state index contributed by atoms with van der Waals surface area (Å²) in [6, 6.07) is 11.5. The Labute approximate surface area is 137 Å². The Morgan fingerprint density at radius 2 is 1.75 bits per heavy atom. The van der Waals surface area contributed by atoms with Crippen molar-refractivity contribution in [2.45, 2.75) is 13.1 Å². The van der Waals surface area contributed by atoms with E-state index in [9.17, 15) is 18.0 Å². The van der Waals surface area contributed by atoms with Crippen LogP contribution in [0.25, 0.3) is 0 Å². The van der Waals surface area contributed by atoms with E-state index in [1.54, 1.807) is 24.3 Å². The van der Waals surface area contributed by atoms with E-state index in [0.29, 0.717) is 23.7 Å². The summed E-state index contributed by atoms with van der Waals surface area (Å²) < 4.78 is 42.8. The predicted octanol–water partition coefficient (Wildman–Crippen LogP) is 4.15. The second-order valence-electron chi connectivity index (χ2n) is 4.91. The van der Waals surface area contributed by atoms with Crippen LogP contribution in [0.5, 0.6) is 5.75 Å². The number of carbonyl (C=O) groups excluding carboxylic acids is 1. The van der Waals surface area contributed by atoms with E-state index in [2.05, 4.69) is 10.6 Å². The molecule has 128 valence electrons. The Kier molecular flexibility index (Phi) is 5.68. The van der Waals surface area contributed by atoms with E-state index < -0.39 is 11.7 Å². The van der Waals surface area contributed by atoms with Gasteiger partial charge in [-0.15, -0.1) is 0 Å². The molecule has 0 atom stereocenters. The van der Waals surface area contributed by atoms with Gasteiger partial charge in [-0.2, -0.15) is 13.2 Å². The predicted molar refractivity (Wildman–Crippen MR) is 86.2 cm³/mol. The van der Waals surface area contributed by atoms with Gasteiger partial charge in [-0.05, 0) is 43.3 Å². The minimum atomic E-state index is -4.38. The summed E-state index contributed by atoms with van der Waals surface area (Å²) in [7, 11) is 0. The number of halogens is 3. The maximum absolute atomic E-state index is 12.5. The van der Waals surface area contributed by atoms with E-state index >= 15 is 0 Å². The number of rotatable bonds is 6. The molecule has 0 spiro atoms. The quantitative estimate of drug-likeness (QED) is 0.832. The summed E-state index contributed by atoms with van der Waals surface area (Å²) in [4.78, 5) is 12.0. The van der Waals surface area contributed by atoms with Crippen LogP contribution in [0.4, 0.5) is 24.5 Å². The van der Waals surface area contributed by atoms with Crippen LogP contribution >= 0.6 is 0 Å². The van der Waals surface area contributed by atoms with Gasteiger partial charge in [0.15, 0.2) is 0 Å². The van der Waals surface area contributed by atoms with Crippen molar-refractivity contribution in [1.82, 2.24) is 0 Å². The van der Waals surface area contributed by atoms with Crippen LogP contribution in [0.1, 0.15) is 12.5 Å². The zero-order valence-corrected chi connectivity index (χ0v) is 13.0. The smallest absolute Gasteiger partial charge is 0.416 e. The van der Waals surface area contributed by atoms with Gasteiger partial charge in [0.05, 0.1) is 24.4 Å². The molecule has 0 aromatic heterocycles. The van der Waals surface area contributed by atoms with Crippen molar-refractivity contribution >= 4 is 17.3 Å². The monoisotopic (exact) mass is 338 g/mol. The molecule has 4 nitrogen and oxygen atoms in total. The molecular formula is C17H17F3N2O2. The number of hydrogen-bond acceptors (Lipinski definition) is 3. The third-order valence-corrected chi connectivity index (χ3v) is 3.13. The highest BCUT2D eigenvalue weighted by molar-refractivity contribution is 5.95. The number of ether oxygens (including phenoxy) is 1. The van der Waals surface area contributed by atoms with Crippen LogP contribution in [0.15, 0.2) is 48.5 Å². The molecule has 0 aliphatic rings. The summed E-state index contributed by atoms with van der Waals surface area (Å²) in [6.07, 6.45) is -4.38. The molecule has 0 aliphatic heterocycles. The lowest BCUT2D eigenvalue weighted by Crippen LogP contribution is -2.22. The average molecular weight is 338 g/mol. The first-order valence-corrected chi connectivity index (χ1v) is 7.33. The Balaban J connectivity index is 1.92. The molecule has 24 heavy (non-hydrogen) atoms. The van der Waals surface area contributed by atoms with Crippen LogP contribution in [-0.4, -0.2) is 19.1 Å². The number of alkyl halides is 3. The fourth-order valence-electron chi connectivity index (χ4n) is 2.01. The van der Waals surface area contributed by atoms with Crippen molar-refractivity contribution in [3.8, 4) is 5.75 Å². The maximum atomic E-state index is 12.5. The van der Waals surface area contributed by atoms with Gasteiger partial charge in [0.25, 0.3) is 0 Å². The molecule has 0 unspecified atom stereocenters. The molecule has 2 rings (SSSR count). The summed E-state index contributed by atoms with van der Waals surface area (Å²) in [5, 5.41) is 5.47. The summed E-state index contributed by atoms with van der Waals surface area (Å²) in [6.45, 7) is 2.23. The molecule has 0 saturated carbocycles. The van der Waals surface area contributed by atoms with Crippen molar-refractivity contribution in [2.24, 2.45) is 0 Å². The van der Waals surface area contributed by atoms with Gasteiger partial charge in [0.2, 0.25) is 5.91 Å². The number of amides is 1. The van der Waals surface area contributed by atoms with Crippen LogP contribution < -0.4 is 15.4 Å². The van der Waals surface area contributed by atoms with E-state index in [4.69, 9.17) is 4.74 Å². The lowest BCUT2D eigenvalue weighted by atomic mass is 10.2. The summed E-state index contributed by atoms with van der Waals surface area (Å²) >= 11 is 0. The highest BCUT2D eigenvalue weighted by Gasteiger charge is 2.29. The Morgan fingerprint density at radius 1 is 1.08 bits per heavy atom. The summed E-state index contributed by atoms with van der Waals surface area (Å²) in [5.74, 6) is 0.227. The Bertz CT molecular complexity index is 685. The molecule has 0 saturated heterocycles. The fraction of sp³-hybridized carbons (Fsp3) is 0.235. The van der Waals surface area contributed by atoms with Gasteiger partial charge >= 0.3 is 6.18 Å². The fourth-order valence-corrected chi connectivity index (χ4v) is 2.01. The van der Waals surface area contributed by atoms with Crippen molar-refractivity contribution in [1.29, 1.82) is 0 Å². The first-order valence-electron chi connectivity index (χ1n) is 7.33. The third kappa shape index (κ3) is 4.91. The molecule has 2 N–H and O–H groups in total. The number of anilines is 2. The second-order valence-corrected chi connectivity index (χ2v) is 4.91. The number of nitrogens with one attached hydrogen (secondary N) is 2. The molecule has 2 aromatic carbocycles. The third-order valence-electron chi connectivity index (χ3n) is 3.13. The lowest BCUT2D eigenvalue weighted by molar-refractivity contribution is -0.137. The van der Waals surface area contributed by atoms with E-state index in [1.165, 1.54) is 12.1 Å². The van der Waals surface area contributed by atoms with Crippen molar-refractivity contribution in [3.63, 3.8) is 0 Å². The molecule has 7 heteroatoms. The average Bonchev–Trinajstić information content (AvgIpc) is 2.55. The minimum absolute atomic E-state index is 0.0776. The minimum Gasteiger partial charge on any atom is -0.492 e. The topological polar surface area (TPSA) is 50.4 Å². The van der Waals surface area contributed by atoms with Crippen LogP contribution in [-0.2, 0) is 11.0 Å². The van der Waals surface area contributed by atoms with Crippen molar-refractivity contribution in [2.75, 3.05) is 23.8 Å². The molecule has 1 amide bonds. The number of hydrogen-bond donors (Lipinski definition) is 2. The molecular weight excluding hydrogens is 321 g/mol. The van der Waals surface area contributed by atoms with Crippen LogP contribution in [0.2, 0.25) is 0 Å². The van der Waals surface area contributed by atoms with Gasteiger partial charge in [-0.25, -0.2) is 0 Å². The second kappa shape index (κ2) is 7.72. The Morgan fingerprint density at radius 3 is 2.38 bits per heavy atom. The van der Waals surface area contributed by atoms with E-state index in [1.807, 2.05) is 6.92 Å². The van der Waals surface area contributed by atoms with Crippen LogP contribution in [0.3, 0.4) is 0 Å². The number of para-hydroxylation sites is 2. The largest absolute Gasteiger partial charge is 0.492 e. The molecule has 0 aliphatic carbocycles. The SMILES string of the molecule is CCOc1ccccc1NC(=O)CNc1ccc(C(F)(F)F)cc1. The van der Waals surface area contributed by atoms with E-state index in [0.717, 1.165) is 12.1 Å². The number of benzene rings is 2. The first-order chi connectivity index (χ1) is 11.4. The van der Waals surface area contributed by atoms with E-state index in [-0.39, 0.29) is 12.5 Å². The zero-order chi connectivity index (χ0) is 17.6. The van der Waals surface area contributed by atoms with Crippen molar-refractivity contribution in [3.05, 3.63) is 54.1 Å². The molecule has 0 radical (unpaired) electrons. The maximum Gasteiger partial charge on any atom is 0.416 e. The molecule has 2 aromatic rings.